The second-order valence-corrected chi connectivity index (χ2v) is 7.15. The highest BCUT2D eigenvalue weighted by Crippen LogP contribution is 2.17. The summed E-state index contributed by atoms with van der Waals surface area (Å²) in [5.74, 6) is 1.85. The van der Waals surface area contributed by atoms with Crippen molar-refractivity contribution in [2.75, 3.05) is 51.8 Å². The van der Waals surface area contributed by atoms with E-state index in [4.69, 9.17) is 9.47 Å². The Kier molecular flexibility index (Phi) is 14.3. The Morgan fingerprint density at radius 2 is 2.07 bits per heavy atom. The van der Waals surface area contributed by atoms with Crippen molar-refractivity contribution >= 4 is 41.5 Å². The number of likely N-dealkylation sites (tertiary alicyclic amines) is 1. The van der Waals surface area contributed by atoms with Crippen LogP contribution in [0.15, 0.2) is 29.3 Å². The van der Waals surface area contributed by atoms with Gasteiger partial charge in [0.1, 0.15) is 5.75 Å². The molecule has 0 aliphatic carbocycles. The lowest BCUT2D eigenvalue weighted by atomic mass is 10.2. The van der Waals surface area contributed by atoms with Gasteiger partial charge in [0.2, 0.25) is 5.91 Å². The zero-order valence-electron chi connectivity index (χ0n) is 18.3. The summed E-state index contributed by atoms with van der Waals surface area (Å²) >= 11 is 0. The Hall–Kier alpha value is -1.55. The van der Waals surface area contributed by atoms with Gasteiger partial charge in [0, 0.05) is 64.5 Å². The molecule has 1 aliphatic rings. The number of nitrogens with one attached hydrogen (secondary N) is 2. The van der Waals surface area contributed by atoms with Crippen molar-refractivity contribution in [2.24, 2.45) is 4.99 Å². The summed E-state index contributed by atoms with van der Waals surface area (Å²) in [6.07, 6.45) is 5.71. The maximum Gasteiger partial charge on any atom is 0.222 e. The van der Waals surface area contributed by atoms with E-state index in [-0.39, 0.29) is 24.0 Å². The first kappa shape index (κ1) is 26.5. The summed E-state index contributed by atoms with van der Waals surface area (Å²) in [5, 5.41) is 6.60. The Balaban J connectivity index is 0.00000450. The minimum absolute atomic E-state index is 0. The van der Waals surface area contributed by atoms with Gasteiger partial charge in [-0.1, -0.05) is 12.5 Å². The van der Waals surface area contributed by atoms with Gasteiger partial charge in [-0.3, -0.25) is 9.79 Å². The van der Waals surface area contributed by atoms with E-state index in [0.717, 1.165) is 69.1 Å². The first-order valence-corrected chi connectivity index (χ1v) is 10.8. The fourth-order valence-corrected chi connectivity index (χ4v) is 3.23. The Labute approximate surface area is 198 Å². The molecule has 1 fully saturated rings. The summed E-state index contributed by atoms with van der Waals surface area (Å²) in [5.41, 5.74) is 0.927. The van der Waals surface area contributed by atoms with Gasteiger partial charge >= 0.3 is 0 Å². The van der Waals surface area contributed by atoms with Crippen LogP contribution in [0.2, 0.25) is 0 Å². The zero-order valence-corrected chi connectivity index (χ0v) is 20.7. The van der Waals surface area contributed by atoms with Gasteiger partial charge < -0.3 is 25.0 Å². The van der Waals surface area contributed by atoms with Crippen LogP contribution in [0.4, 0.5) is 5.69 Å². The minimum atomic E-state index is 0. The number of halogens is 1. The number of ether oxygens (including phenoxy) is 2. The predicted octanol–water partition coefficient (Wildman–Crippen LogP) is 3.89. The second kappa shape index (κ2) is 16.2. The van der Waals surface area contributed by atoms with Crippen molar-refractivity contribution in [3.8, 4) is 5.75 Å². The van der Waals surface area contributed by atoms with Crippen molar-refractivity contribution in [1.82, 2.24) is 10.2 Å². The maximum atomic E-state index is 12.1. The standard InChI is InChI=1S/C22H36N4O3.HI/c1-3-23-22(24-13-8-15-26-14-6-4-5-12-21(26)27)25-19-10-7-11-20(18-19)29-17-9-16-28-2;/h7,10-11,18H,3-6,8-9,12-17H2,1-2H3,(H2,23,24,25);1H. The number of benzene rings is 1. The van der Waals surface area contributed by atoms with E-state index >= 15 is 0 Å². The number of amides is 1. The molecule has 1 amide bonds. The molecule has 1 saturated heterocycles. The molecule has 170 valence electrons. The number of carbonyl (C=O) groups excluding carboxylic acids is 1. The SMILES string of the molecule is CCNC(=NCCCN1CCCCCC1=O)Nc1cccc(OCCCOC)c1.I. The van der Waals surface area contributed by atoms with E-state index in [2.05, 4.69) is 15.6 Å². The molecule has 2 N–H and O–H groups in total. The lowest BCUT2D eigenvalue weighted by molar-refractivity contribution is -0.130. The van der Waals surface area contributed by atoms with Gasteiger partial charge in [-0.15, -0.1) is 24.0 Å². The third-order valence-corrected chi connectivity index (χ3v) is 4.73. The lowest BCUT2D eigenvalue weighted by Gasteiger charge is -2.20. The number of hydrogen-bond donors (Lipinski definition) is 2. The third kappa shape index (κ3) is 10.5. The first-order valence-electron chi connectivity index (χ1n) is 10.8. The summed E-state index contributed by atoms with van der Waals surface area (Å²) in [6.45, 7) is 6.49. The Bertz CT molecular complexity index is 643. The minimum Gasteiger partial charge on any atom is -0.493 e. The van der Waals surface area contributed by atoms with Gasteiger partial charge in [-0.2, -0.15) is 0 Å². The molecule has 1 heterocycles. The number of hydrogen-bond acceptors (Lipinski definition) is 4. The zero-order chi connectivity index (χ0) is 20.7. The van der Waals surface area contributed by atoms with E-state index in [1.807, 2.05) is 36.1 Å². The number of nitrogens with zero attached hydrogens (tertiary/aromatic N) is 2. The van der Waals surface area contributed by atoms with Gasteiger partial charge in [0.15, 0.2) is 5.96 Å². The van der Waals surface area contributed by atoms with Crippen LogP contribution in [0.1, 0.15) is 45.4 Å². The molecule has 0 saturated carbocycles. The number of carbonyl (C=O) groups is 1. The van der Waals surface area contributed by atoms with Gasteiger partial charge in [-0.25, -0.2) is 0 Å². The lowest BCUT2D eigenvalue weighted by Crippen LogP contribution is -2.32. The monoisotopic (exact) mass is 532 g/mol. The van der Waals surface area contributed by atoms with Crippen molar-refractivity contribution in [3.63, 3.8) is 0 Å². The highest BCUT2D eigenvalue weighted by molar-refractivity contribution is 14.0. The summed E-state index contributed by atoms with van der Waals surface area (Å²) in [4.78, 5) is 18.7. The molecule has 30 heavy (non-hydrogen) atoms. The van der Waals surface area contributed by atoms with Gasteiger partial charge in [-0.05, 0) is 38.3 Å². The van der Waals surface area contributed by atoms with Crippen molar-refractivity contribution in [1.29, 1.82) is 0 Å². The van der Waals surface area contributed by atoms with Crippen LogP contribution in [-0.2, 0) is 9.53 Å². The Morgan fingerprint density at radius 3 is 2.87 bits per heavy atom. The second-order valence-electron chi connectivity index (χ2n) is 7.15. The highest BCUT2D eigenvalue weighted by Gasteiger charge is 2.15. The molecule has 0 spiro atoms. The van der Waals surface area contributed by atoms with Crippen LogP contribution < -0.4 is 15.4 Å². The molecule has 0 bridgehead atoms. The molecule has 1 aliphatic heterocycles. The van der Waals surface area contributed by atoms with Crippen LogP contribution in [-0.4, -0.2) is 63.3 Å². The molecule has 0 aromatic heterocycles. The number of anilines is 1. The fraction of sp³-hybridized carbons (Fsp3) is 0.636. The molecule has 8 heteroatoms. The largest absolute Gasteiger partial charge is 0.493 e. The molecule has 1 aromatic rings. The predicted molar refractivity (Wildman–Crippen MR) is 133 cm³/mol. The third-order valence-electron chi connectivity index (χ3n) is 4.73. The fourth-order valence-electron chi connectivity index (χ4n) is 3.23. The van der Waals surface area contributed by atoms with Gasteiger partial charge in [0.05, 0.1) is 6.61 Å². The first-order chi connectivity index (χ1) is 14.2. The van der Waals surface area contributed by atoms with Crippen molar-refractivity contribution < 1.29 is 14.3 Å². The number of aliphatic imine (C=N–C) groups is 1. The smallest absolute Gasteiger partial charge is 0.222 e. The number of guanidine groups is 1. The molecule has 2 rings (SSSR count). The maximum absolute atomic E-state index is 12.1. The molecule has 0 radical (unpaired) electrons. The summed E-state index contributed by atoms with van der Waals surface area (Å²) in [6, 6.07) is 7.86. The molecule has 0 unspecified atom stereocenters. The van der Waals surface area contributed by atoms with E-state index in [1.165, 1.54) is 0 Å². The van der Waals surface area contributed by atoms with Crippen molar-refractivity contribution in [2.45, 2.75) is 45.4 Å². The van der Waals surface area contributed by atoms with E-state index in [9.17, 15) is 4.79 Å². The summed E-state index contributed by atoms with van der Waals surface area (Å²) < 4.78 is 10.8. The average molecular weight is 532 g/mol. The van der Waals surface area contributed by atoms with Gasteiger partial charge in [0.25, 0.3) is 0 Å². The molecule has 7 nitrogen and oxygen atoms in total. The number of rotatable bonds is 11. The van der Waals surface area contributed by atoms with E-state index < -0.39 is 0 Å². The van der Waals surface area contributed by atoms with Crippen LogP contribution in [0.3, 0.4) is 0 Å². The average Bonchev–Trinajstić information content (AvgIpc) is 2.93. The summed E-state index contributed by atoms with van der Waals surface area (Å²) in [7, 11) is 1.69. The van der Waals surface area contributed by atoms with Crippen LogP contribution in [0.25, 0.3) is 0 Å². The van der Waals surface area contributed by atoms with Crippen LogP contribution in [0.5, 0.6) is 5.75 Å². The quantitative estimate of drug-likeness (QED) is 0.196. The Morgan fingerprint density at radius 1 is 1.20 bits per heavy atom. The molecular weight excluding hydrogens is 495 g/mol. The van der Waals surface area contributed by atoms with Crippen LogP contribution in [0, 0.1) is 0 Å². The normalized spacial score (nSPS) is 14.7. The topological polar surface area (TPSA) is 75.2 Å². The van der Waals surface area contributed by atoms with Crippen molar-refractivity contribution in [3.05, 3.63) is 24.3 Å². The van der Waals surface area contributed by atoms with Crippen LogP contribution >= 0.6 is 24.0 Å². The highest BCUT2D eigenvalue weighted by atomic mass is 127. The molecular formula is C22H37IN4O3. The van der Waals surface area contributed by atoms with E-state index in [0.29, 0.717) is 32.1 Å². The molecule has 1 aromatic carbocycles. The van der Waals surface area contributed by atoms with E-state index in [1.54, 1.807) is 7.11 Å². The molecule has 0 atom stereocenters. The number of methoxy groups -OCH3 is 1.